The van der Waals surface area contributed by atoms with E-state index in [4.69, 9.17) is 0 Å². The monoisotopic (exact) mass is 291 g/mol. The van der Waals surface area contributed by atoms with Gasteiger partial charge in [-0.1, -0.05) is 60.7 Å². The van der Waals surface area contributed by atoms with Crippen LogP contribution in [0.15, 0.2) is 72.2 Å². The van der Waals surface area contributed by atoms with E-state index in [1.54, 1.807) is 60.7 Å². The number of rotatable bonds is 2. The summed E-state index contributed by atoms with van der Waals surface area (Å²) in [4.78, 5) is 24.7. The summed E-state index contributed by atoms with van der Waals surface area (Å²) in [5, 5.41) is 22.5. The molecular weight excluding hydrogens is 280 g/mol. The molecule has 4 heteroatoms. The van der Waals surface area contributed by atoms with Gasteiger partial charge >= 0.3 is 0 Å². The molecule has 0 atom stereocenters. The highest BCUT2D eigenvalue weighted by molar-refractivity contribution is 6.46. The molecule has 0 saturated heterocycles. The van der Waals surface area contributed by atoms with Crippen LogP contribution in [-0.2, 0) is 9.59 Å². The van der Waals surface area contributed by atoms with Crippen LogP contribution in [-0.4, -0.2) is 16.7 Å². The zero-order valence-electron chi connectivity index (χ0n) is 11.4. The molecule has 0 heterocycles. The Morgan fingerprint density at radius 3 is 1.64 bits per heavy atom. The fraction of sp³-hybridized carbons (Fsp3) is 0. The quantitative estimate of drug-likeness (QED) is 0.857. The first kappa shape index (κ1) is 13.8. The molecule has 22 heavy (non-hydrogen) atoms. The average Bonchev–Trinajstić information content (AvgIpc) is 2.55. The van der Waals surface area contributed by atoms with Gasteiger partial charge in [-0.3, -0.25) is 9.59 Å². The maximum Gasteiger partial charge on any atom is 0.228 e. The normalized spacial score (nSPS) is 15.5. The predicted molar refractivity (Wildman–Crippen MR) is 79.4 cm³/mol. The lowest BCUT2D eigenvalue weighted by Gasteiger charge is -2.24. The number of aliphatic hydroxyl groups excluding tert-OH is 1. The largest absolute Gasteiger partial charge is 0.869 e. The number of hydrogen-bond donors (Lipinski definition) is 1. The Kier molecular flexibility index (Phi) is 3.35. The first-order valence-electron chi connectivity index (χ1n) is 6.66. The van der Waals surface area contributed by atoms with Crippen molar-refractivity contribution in [2.75, 3.05) is 0 Å². The second-order valence-corrected chi connectivity index (χ2v) is 4.82. The minimum absolute atomic E-state index is 0.240. The zero-order valence-corrected chi connectivity index (χ0v) is 11.4. The molecule has 1 aliphatic carbocycles. The van der Waals surface area contributed by atoms with Crippen molar-refractivity contribution in [1.82, 2.24) is 0 Å². The van der Waals surface area contributed by atoms with Crippen LogP contribution in [0.4, 0.5) is 0 Å². The van der Waals surface area contributed by atoms with Gasteiger partial charge in [0.15, 0.2) is 11.5 Å². The lowest BCUT2D eigenvalue weighted by molar-refractivity contribution is -0.295. The first-order valence-corrected chi connectivity index (χ1v) is 6.66. The minimum atomic E-state index is -0.896. The Balaban J connectivity index is 2.16. The van der Waals surface area contributed by atoms with Gasteiger partial charge in [0.25, 0.3) is 0 Å². The third kappa shape index (κ3) is 2.11. The molecule has 108 valence electrons. The molecule has 0 saturated carbocycles. The molecule has 0 spiro atoms. The van der Waals surface area contributed by atoms with Gasteiger partial charge in [-0.25, -0.2) is 0 Å². The fourth-order valence-corrected chi connectivity index (χ4v) is 2.41. The van der Waals surface area contributed by atoms with E-state index in [-0.39, 0.29) is 11.1 Å². The molecule has 1 N–H and O–H groups in total. The van der Waals surface area contributed by atoms with Gasteiger partial charge in [0.05, 0.1) is 5.57 Å². The van der Waals surface area contributed by atoms with E-state index < -0.39 is 23.1 Å². The van der Waals surface area contributed by atoms with Crippen molar-refractivity contribution < 1.29 is 19.8 Å². The van der Waals surface area contributed by atoms with Crippen LogP contribution in [0.1, 0.15) is 11.1 Å². The Bertz CT molecular complexity index is 743. The highest BCUT2D eigenvalue weighted by Gasteiger charge is 2.31. The van der Waals surface area contributed by atoms with Crippen LogP contribution >= 0.6 is 0 Å². The van der Waals surface area contributed by atoms with Crippen LogP contribution in [0.3, 0.4) is 0 Å². The third-order valence-corrected chi connectivity index (χ3v) is 3.46. The van der Waals surface area contributed by atoms with Gasteiger partial charge in [-0.15, -0.1) is 0 Å². The second kappa shape index (κ2) is 5.33. The number of hydrogen-bond acceptors (Lipinski definition) is 4. The summed E-state index contributed by atoms with van der Waals surface area (Å²) < 4.78 is 0. The fourth-order valence-electron chi connectivity index (χ4n) is 2.41. The molecule has 0 amide bonds. The highest BCUT2D eigenvalue weighted by Crippen LogP contribution is 2.32. The van der Waals surface area contributed by atoms with Gasteiger partial charge in [0, 0.05) is 5.57 Å². The molecule has 4 nitrogen and oxygen atoms in total. The standard InChI is InChI=1S/C18H12O4/c19-15-13(11-7-3-1-4-8-11)16(20)18(22)14(17(15)21)12-9-5-2-6-10-12/h1-10,19,22H/p-1. The second-order valence-electron chi connectivity index (χ2n) is 4.82. The lowest BCUT2D eigenvalue weighted by atomic mass is 9.86. The summed E-state index contributed by atoms with van der Waals surface area (Å²) >= 11 is 0. The molecule has 0 fully saturated rings. The number of carbonyl (C=O) groups is 2. The van der Waals surface area contributed by atoms with E-state index in [1.165, 1.54) is 0 Å². The van der Waals surface area contributed by atoms with Crippen LogP contribution in [0, 0.1) is 0 Å². The topological polar surface area (TPSA) is 77.4 Å². The maximum atomic E-state index is 12.3. The van der Waals surface area contributed by atoms with E-state index in [0.29, 0.717) is 11.1 Å². The Hall–Kier alpha value is -3.14. The smallest absolute Gasteiger partial charge is 0.228 e. The minimum Gasteiger partial charge on any atom is -0.869 e. The molecule has 0 bridgehead atoms. The number of Topliss-reactive ketones (excluding diaryl/α,β-unsaturated/α-hetero) is 2. The van der Waals surface area contributed by atoms with Gasteiger partial charge in [0.1, 0.15) is 0 Å². The van der Waals surface area contributed by atoms with Crippen LogP contribution in [0.25, 0.3) is 11.1 Å². The number of carbonyl (C=O) groups excluding carboxylic acids is 2. The molecule has 0 unspecified atom stereocenters. The molecule has 0 aromatic heterocycles. The number of benzene rings is 2. The van der Waals surface area contributed by atoms with Crippen LogP contribution in [0.5, 0.6) is 0 Å². The van der Waals surface area contributed by atoms with E-state index in [1.807, 2.05) is 0 Å². The number of ketones is 2. The first-order chi connectivity index (χ1) is 10.6. The molecule has 3 rings (SSSR count). The summed E-state index contributed by atoms with van der Waals surface area (Å²) in [5.74, 6) is -3.28. The van der Waals surface area contributed by atoms with Crippen molar-refractivity contribution in [2.45, 2.75) is 0 Å². The third-order valence-electron chi connectivity index (χ3n) is 3.46. The average molecular weight is 291 g/mol. The highest BCUT2D eigenvalue weighted by atomic mass is 16.3. The van der Waals surface area contributed by atoms with Crippen molar-refractivity contribution >= 4 is 22.7 Å². The summed E-state index contributed by atoms with van der Waals surface area (Å²) in [6, 6.07) is 16.3. The van der Waals surface area contributed by atoms with Crippen LogP contribution < -0.4 is 5.11 Å². The molecule has 2 aromatic carbocycles. The van der Waals surface area contributed by atoms with E-state index in [9.17, 15) is 19.8 Å². The molecule has 1 aliphatic rings. The van der Waals surface area contributed by atoms with Gasteiger partial charge < -0.3 is 10.2 Å². The molecular formula is C18H11O4-. The molecule has 0 aliphatic heterocycles. The van der Waals surface area contributed by atoms with E-state index >= 15 is 0 Å². The summed E-state index contributed by atoms with van der Waals surface area (Å²) in [6.45, 7) is 0. The SMILES string of the molecule is O=C1C(O)=C(c2ccccc2)C(=O)C([O-])=C1c1ccccc1. The van der Waals surface area contributed by atoms with Crippen molar-refractivity contribution in [3.05, 3.63) is 83.3 Å². The Labute approximate surface area is 126 Å². The van der Waals surface area contributed by atoms with E-state index in [2.05, 4.69) is 0 Å². The maximum absolute atomic E-state index is 12.3. The number of allylic oxidation sites excluding steroid dienone is 2. The van der Waals surface area contributed by atoms with Gasteiger partial charge in [0.2, 0.25) is 5.78 Å². The summed E-state index contributed by atoms with van der Waals surface area (Å²) in [6.07, 6.45) is 0. The molecule has 0 radical (unpaired) electrons. The Morgan fingerprint density at radius 2 is 1.14 bits per heavy atom. The molecule has 2 aromatic rings. The van der Waals surface area contributed by atoms with Crippen LogP contribution in [0.2, 0.25) is 0 Å². The van der Waals surface area contributed by atoms with Gasteiger partial charge in [-0.05, 0) is 16.9 Å². The van der Waals surface area contributed by atoms with Gasteiger partial charge in [-0.2, -0.15) is 0 Å². The number of aliphatic hydroxyl groups is 1. The van der Waals surface area contributed by atoms with E-state index in [0.717, 1.165) is 0 Å². The van der Waals surface area contributed by atoms with Crippen molar-refractivity contribution in [1.29, 1.82) is 0 Å². The summed E-state index contributed by atoms with van der Waals surface area (Å²) in [5.41, 5.74) is 0.140. The summed E-state index contributed by atoms with van der Waals surface area (Å²) in [7, 11) is 0. The Morgan fingerprint density at radius 1 is 0.682 bits per heavy atom. The predicted octanol–water partition coefficient (Wildman–Crippen LogP) is 1.88. The van der Waals surface area contributed by atoms with Crippen molar-refractivity contribution in [3.63, 3.8) is 0 Å². The van der Waals surface area contributed by atoms with Crippen molar-refractivity contribution in [3.8, 4) is 0 Å². The zero-order chi connectivity index (χ0) is 15.7. The lowest BCUT2D eigenvalue weighted by Crippen LogP contribution is -2.28. The van der Waals surface area contributed by atoms with Crippen molar-refractivity contribution in [2.24, 2.45) is 0 Å².